The molecule has 0 aliphatic carbocycles. The summed E-state index contributed by atoms with van der Waals surface area (Å²) >= 11 is 2.21. The van der Waals surface area contributed by atoms with Crippen LogP contribution in [0.5, 0.6) is 5.75 Å². The zero-order valence-corrected chi connectivity index (χ0v) is 18.9. The number of nitrogens with one attached hydrogen (secondary N) is 1. The number of benzene rings is 2. The summed E-state index contributed by atoms with van der Waals surface area (Å²) in [5.74, 6) is 0.222. The number of amides is 2. The highest BCUT2D eigenvalue weighted by Gasteiger charge is 2.26. The molecular weight excluding hydrogens is 467 g/mol. The molecule has 2 aromatic carbocycles. The molecule has 0 fully saturated rings. The highest BCUT2D eigenvalue weighted by molar-refractivity contribution is 14.1. The van der Waals surface area contributed by atoms with E-state index in [0.29, 0.717) is 12.3 Å². The van der Waals surface area contributed by atoms with Gasteiger partial charge < -0.3 is 15.0 Å². The van der Waals surface area contributed by atoms with Crippen LogP contribution in [0.1, 0.15) is 31.9 Å². The Morgan fingerprint density at radius 3 is 2.39 bits per heavy atom. The molecular formula is C22H27IN2O3. The second kappa shape index (κ2) is 10.5. The van der Waals surface area contributed by atoms with Gasteiger partial charge in [0.25, 0.3) is 5.91 Å². The minimum Gasteiger partial charge on any atom is -0.484 e. The Hall–Kier alpha value is -2.09. The maximum absolute atomic E-state index is 12.9. The summed E-state index contributed by atoms with van der Waals surface area (Å²) in [4.78, 5) is 27.0. The molecule has 5 nitrogen and oxygen atoms in total. The second-order valence-corrected chi connectivity index (χ2v) is 8.34. The Morgan fingerprint density at radius 1 is 1.11 bits per heavy atom. The Balaban J connectivity index is 2.14. The van der Waals surface area contributed by atoms with Gasteiger partial charge in [-0.3, -0.25) is 9.59 Å². The smallest absolute Gasteiger partial charge is 0.261 e. The van der Waals surface area contributed by atoms with Crippen molar-refractivity contribution in [3.63, 3.8) is 0 Å². The lowest BCUT2D eigenvalue weighted by Crippen LogP contribution is -2.50. The first kappa shape index (κ1) is 22.2. The molecule has 2 amide bonds. The molecule has 6 heteroatoms. The van der Waals surface area contributed by atoms with Gasteiger partial charge in [0, 0.05) is 16.2 Å². The van der Waals surface area contributed by atoms with Crippen molar-refractivity contribution in [2.75, 3.05) is 6.61 Å². The zero-order chi connectivity index (χ0) is 20.7. The van der Waals surface area contributed by atoms with Crippen molar-refractivity contribution in [1.82, 2.24) is 10.2 Å². The topological polar surface area (TPSA) is 58.6 Å². The van der Waals surface area contributed by atoms with Gasteiger partial charge in [0.1, 0.15) is 11.8 Å². The summed E-state index contributed by atoms with van der Waals surface area (Å²) in [6, 6.07) is 14.8. The molecule has 0 aliphatic heterocycles. The summed E-state index contributed by atoms with van der Waals surface area (Å²) in [6.07, 6.45) is 0. The first-order valence-corrected chi connectivity index (χ1v) is 10.4. The molecule has 1 atom stereocenters. The second-order valence-electron chi connectivity index (χ2n) is 7.09. The van der Waals surface area contributed by atoms with E-state index in [1.165, 1.54) is 0 Å². The number of hydrogen-bond donors (Lipinski definition) is 1. The summed E-state index contributed by atoms with van der Waals surface area (Å²) in [5.41, 5.74) is 2.09. The summed E-state index contributed by atoms with van der Waals surface area (Å²) in [7, 11) is 0. The van der Waals surface area contributed by atoms with Gasteiger partial charge >= 0.3 is 0 Å². The first-order valence-electron chi connectivity index (χ1n) is 9.30. The molecule has 2 rings (SSSR count). The maximum atomic E-state index is 12.9. The zero-order valence-electron chi connectivity index (χ0n) is 16.7. The molecule has 2 aromatic rings. The van der Waals surface area contributed by atoms with E-state index in [-0.39, 0.29) is 24.5 Å². The predicted octanol–water partition coefficient (Wildman–Crippen LogP) is 3.92. The lowest BCUT2D eigenvalue weighted by Gasteiger charge is -2.29. The summed E-state index contributed by atoms with van der Waals surface area (Å²) in [6.45, 7) is 7.78. The molecule has 0 spiro atoms. The molecule has 0 radical (unpaired) electrons. The van der Waals surface area contributed by atoms with Crippen LogP contribution in [0.2, 0.25) is 0 Å². The number of carbonyl (C=O) groups excluding carboxylic acids is 2. The van der Waals surface area contributed by atoms with Crippen molar-refractivity contribution in [3.05, 3.63) is 63.2 Å². The maximum Gasteiger partial charge on any atom is 0.261 e. The van der Waals surface area contributed by atoms with Crippen LogP contribution in [0.4, 0.5) is 0 Å². The standard InChI is InChI=1S/C22H27IN2O3/c1-15(2)24-22(27)17(4)25(13-18-7-5-6-16(3)12-18)21(26)14-28-20-10-8-19(23)9-11-20/h5-12,15,17H,13-14H2,1-4H3,(H,24,27)/t17-/m0/s1. The molecule has 0 bridgehead atoms. The molecule has 0 aliphatic rings. The fourth-order valence-electron chi connectivity index (χ4n) is 2.75. The third-order valence-electron chi connectivity index (χ3n) is 4.21. The van der Waals surface area contributed by atoms with E-state index >= 15 is 0 Å². The highest BCUT2D eigenvalue weighted by atomic mass is 127. The van der Waals surface area contributed by atoms with Gasteiger partial charge in [0.2, 0.25) is 5.91 Å². The quantitative estimate of drug-likeness (QED) is 0.567. The van der Waals surface area contributed by atoms with E-state index in [9.17, 15) is 9.59 Å². The van der Waals surface area contributed by atoms with Crippen LogP contribution >= 0.6 is 22.6 Å². The number of rotatable bonds is 8. The van der Waals surface area contributed by atoms with Crippen LogP contribution in [-0.4, -0.2) is 35.4 Å². The van der Waals surface area contributed by atoms with Crippen molar-refractivity contribution in [2.24, 2.45) is 0 Å². The monoisotopic (exact) mass is 494 g/mol. The van der Waals surface area contributed by atoms with Crippen molar-refractivity contribution in [3.8, 4) is 5.75 Å². The molecule has 28 heavy (non-hydrogen) atoms. The Kier molecular flexibility index (Phi) is 8.29. The van der Waals surface area contributed by atoms with Gasteiger partial charge in [-0.15, -0.1) is 0 Å². The van der Waals surface area contributed by atoms with Gasteiger partial charge in [0.15, 0.2) is 6.61 Å². The Morgan fingerprint density at radius 2 is 1.79 bits per heavy atom. The van der Waals surface area contributed by atoms with Crippen molar-refractivity contribution in [2.45, 2.75) is 46.3 Å². The van der Waals surface area contributed by atoms with Crippen LogP contribution in [-0.2, 0) is 16.1 Å². The van der Waals surface area contributed by atoms with E-state index in [1.807, 2.05) is 69.3 Å². The van der Waals surface area contributed by atoms with Crippen molar-refractivity contribution >= 4 is 34.4 Å². The van der Waals surface area contributed by atoms with E-state index in [2.05, 4.69) is 27.9 Å². The van der Waals surface area contributed by atoms with Gasteiger partial charge in [-0.2, -0.15) is 0 Å². The minimum atomic E-state index is -0.601. The molecule has 150 valence electrons. The number of aryl methyl sites for hydroxylation is 1. The Bertz CT molecular complexity index is 806. The predicted molar refractivity (Wildman–Crippen MR) is 119 cm³/mol. The SMILES string of the molecule is Cc1cccc(CN(C(=O)COc2ccc(I)cc2)[C@@H](C)C(=O)NC(C)C)c1. The lowest BCUT2D eigenvalue weighted by atomic mass is 10.1. The molecule has 0 aromatic heterocycles. The molecule has 0 heterocycles. The lowest BCUT2D eigenvalue weighted by molar-refractivity contribution is -0.142. The van der Waals surface area contributed by atoms with Crippen LogP contribution in [0.25, 0.3) is 0 Å². The molecule has 0 unspecified atom stereocenters. The fraction of sp³-hybridized carbons (Fsp3) is 0.364. The number of ether oxygens (including phenoxy) is 1. The summed E-state index contributed by atoms with van der Waals surface area (Å²) < 4.78 is 6.74. The normalized spacial score (nSPS) is 11.8. The number of nitrogens with zero attached hydrogens (tertiary/aromatic N) is 1. The van der Waals surface area contributed by atoms with E-state index in [4.69, 9.17) is 4.74 Å². The van der Waals surface area contributed by atoms with Gasteiger partial charge in [0.05, 0.1) is 0 Å². The van der Waals surface area contributed by atoms with E-state index < -0.39 is 6.04 Å². The van der Waals surface area contributed by atoms with Gasteiger partial charge in [-0.1, -0.05) is 29.8 Å². The molecule has 1 N–H and O–H groups in total. The van der Waals surface area contributed by atoms with Gasteiger partial charge in [-0.25, -0.2) is 0 Å². The summed E-state index contributed by atoms with van der Waals surface area (Å²) in [5, 5.41) is 2.88. The van der Waals surface area contributed by atoms with Crippen molar-refractivity contribution in [1.29, 1.82) is 0 Å². The average molecular weight is 494 g/mol. The van der Waals surface area contributed by atoms with Crippen LogP contribution in [0, 0.1) is 10.5 Å². The largest absolute Gasteiger partial charge is 0.484 e. The minimum absolute atomic E-state index is 0.00825. The van der Waals surface area contributed by atoms with Crippen LogP contribution < -0.4 is 10.1 Å². The van der Waals surface area contributed by atoms with Crippen molar-refractivity contribution < 1.29 is 14.3 Å². The highest BCUT2D eigenvalue weighted by Crippen LogP contribution is 2.15. The fourth-order valence-corrected chi connectivity index (χ4v) is 3.11. The first-order chi connectivity index (χ1) is 13.3. The molecule has 0 saturated heterocycles. The third-order valence-corrected chi connectivity index (χ3v) is 4.93. The van der Waals surface area contributed by atoms with Gasteiger partial charge in [-0.05, 0) is 80.1 Å². The Labute approximate surface area is 180 Å². The van der Waals surface area contributed by atoms with E-state index in [0.717, 1.165) is 14.7 Å². The van der Waals surface area contributed by atoms with Crippen LogP contribution in [0.15, 0.2) is 48.5 Å². The van der Waals surface area contributed by atoms with E-state index in [1.54, 1.807) is 11.8 Å². The third kappa shape index (κ3) is 6.82. The number of hydrogen-bond acceptors (Lipinski definition) is 3. The number of halogens is 1. The van der Waals surface area contributed by atoms with Crippen LogP contribution in [0.3, 0.4) is 0 Å². The molecule has 0 saturated carbocycles. The average Bonchev–Trinajstić information content (AvgIpc) is 2.64. The number of carbonyl (C=O) groups is 2.